The first-order valence-electron chi connectivity index (χ1n) is 9.66. The maximum atomic E-state index is 12.7. The van der Waals surface area contributed by atoms with E-state index in [-0.39, 0.29) is 11.2 Å². The van der Waals surface area contributed by atoms with Crippen LogP contribution in [0, 0.1) is 0 Å². The number of carbonyl (C=O) groups excluding carboxylic acids is 1. The van der Waals surface area contributed by atoms with Crippen LogP contribution in [-0.2, 0) is 4.79 Å². The van der Waals surface area contributed by atoms with Crippen LogP contribution in [0.2, 0.25) is 10.0 Å². The van der Waals surface area contributed by atoms with Gasteiger partial charge >= 0.3 is 0 Å². The van der Waals surface area contributed by atoms with Crippen molar-refractivity contribution in [2.45, 2.75) is 55.5 Å². The van der Waals surface area contributed by atoms with Crippen LogP contribution in [0.25, 0.3) is 0 Å². The molecule has 1 aromatic carbocycles. The lowest BCUT2D eigenvalue weighted by Crippen LogP contribution is -2.32. The molecule has 1 aromatic heterocycles. The minimum Gasteiger partial charge on any atom is -0.341 e. The number of amides is 1. The van der Waals surface area contributed by atoms with E-state index in [0.717, 1.165) is 37.0 Å². The lowest BCUT2D eigenvalue weighted by molar-refractivity contribution is -0.115. The van der Waals surface area contributed by atoms with E-state index in [2.05, 4.69) is 25.0 Å². The van der Waals surface area contributed by atoms with Crippen molar-refractivity contribution in [3.8, 4) is 0 Å². The number of nitrogens with zero attached hydrogens (tertiary/aromatic N) is 4. The molecule has 28 heavy (non-hydrogen) atoms. The number of benzene rings is 1. The van der Waals surface area contributed by atoms with Gasteiger partial charge in [-0.15, -0.1) is 10.2 Å². The monoisotopic (exact) mass is 439 g/mol. The summed E-state index contributed by atoms with van der Waals surface area (Å²) in [7, 11) is 0. The van der Waals surface area contributed by atoms with E-state index in [1.54, 1.807) is 18.2 Å². The first kappa shape index (κ1) is 19.9. The highest BCUT2D eigenvalue weighted by molar-refractivity contribution is 8.00. The van der Waals surface area contributed by atoms with Crippen molar-refractivity contribution in [1.82, 2.24) is 14.8 Å². The molecule has 9 heteroatoms. The van der Waals surface area contributed by atoms with Crippen LogP contribution in [0.15, 0.2) is 23.4 Å². The van der Waals surface area contributed by atoms with E-state index in [0.29, 0.717) is 21.8 Å². The van der Waals surface area contributed by atoms with Crippen LogP contribution < -0.4 is 10.2 Å². The van der Waals surface area contributed by atoms with E-state index in [1.165, 1.54) is 31.0 Å². The van der Waals surface area contributed by atoms with Crippen molar-refractivity contribution in [1.29, 1.82) is 0 Å². The number of thioether (sulfide) groups is 1. The van der Waals surface area contributed by atoms with Crippen LogP contribution in [0.5, 0.6) is 0 Å². The highest BCUT2D eigenvalue weighted by Gasteiger charge is 2.33. The Labute approximate surface area is 179 Å². The Bertz CT molecular complexity index is 864. The molecule has 0 radical (unpaired) electrons. The van der Waals surface area contributed by atoms with Crippen LogP contribution in [0.4, 0.5) is 11.6 Å². The Balaban J connectivity index is 1.48. The summed E-state index contributed by atoms with van der Waals surface area (Å²) in [4.78, 5) is 15.0. The van der Waals surface area contributed by atoms with Gasteiger partial charge in [0.25, 0.3) is 0 Å². The molecule has 0 spiro atoms. The molecule has 2 fully saturated rings. The minimum absolute atomic E-state index is 0.140. The van der Waals surface area contributed by atoms with Gasteiger partial charge < -0.3 is 10.2 Å². The number of hydrogen-bond donors (Lipinski definition) is 1. The second-order valence-corrected chi connectivity index (χ2v) is 9.38. The Morgan fingerprint density at radius 1 is 1.21 bits per heavy atom. The standard InChI is InChI=1S/C19H23Cl2N5OS/c1-12(17(27)22-15-7-5-6-14(20)16(15)21)28-19-24-23-18(26(19)13-8-9-13)25-10-3-2-4-11-25/h5-7,12-13H,2-4,8-11H2,1H3,(H,22,27). The molecule has 1 aliphatic carbocycles. The molecule has 150 valence electrons. The average Bonchev–Trinajstić information content (AvgIpc) is 3.46. The molecular formula is C19H23Cl2N5OS. The molecule has 1 atom stereocenters. The molecule has 0 bridgehead atoms. The fraction of sp³-hybridized carbons (Fsp3) is 0.526. The van der Waals surface area contributed by atoms with E-state index >= 15 is 0 Å². The number of anilines is 2. The summed E-state index contributed by atoms with van der Waals surface area (Å²) in [6.45, 7) is 3.92. The first-order chi connectivity index (χ1) is 13.5. The number of rotatable bonds is 6. The van der Waals surface area contributed by atoms with Crippen molar-refractivity contribution in [3.05, 3.63) is 28.2 Å². The van der Waals surface area contributed by atoms with Gasteiger partial charge in [0, 0.05) is 19.1 Å². The van der Waals surface area contributed by atoms with Gasteiger partial charge in [-0.25, -0.2) is 0 Å². The number of hydrogen-bond acceptors (Lipinski definition) is 5. The number of carbonyl (C=O) groups is 1. The molecule has 1 unspecified atom stereocenters. The quantitative estimate of drug-likeness (QED) is 0.639. The molecule has 1 saturated carbocycles. The van der Waals surface area contributed by atoms with Crippen molar-refractivity contribution in [2.24, 2.45) is 0 Å². The lowest BCUT2D eigenvalue weighted by atomic mass is 10.1. The summed E-state index contributed by atoms with van der Waals surface area (Å²) in [5.74, 6) is 0.814. The normalized spacial score (nSPS) is 18.2. The van der Waals surface area contributed by atoms with Gasteiger partial charge in [0.05, 0.1) is 21.0 Å². The largest absolute Gasteiger partial charge is 0.341 e. The number of nitrogens with one attached hydrogen (secondary N) is 1. The third kappa shape index (κ3) is 4.26. The van der Waals surface area contributed by atoms with E-state index < -0.39 is 0 Å². The summed E-state index contributed by atoms with van der Waals surface area (Å²) >= 11 is 13.6. The van der Waals surface area contributed by atoms with Gasteiger partial charge in [0.2, 0.25) is 11.9 Å². The third-order valence-electron chi connectivity index (χ3n) is 5.06. The maximum absolute atomic E-state index is 12.7. The molecule has 6 nitrogen and oxygen atoms in total. The molecule has 1 amide bonds. The van der Waals surface area contributed by atoms with E-state index in [1.807, 2.05) is 6.92 Å². The maximum Gasteiger partial charge on any atom is 0.237 e. The molecular weight excluding hydrogens is 417 g/mol. The summed E-state index contributed by atoms with van der Waals surface area (Å²) in [5, 5.41) is 13.0. The van der Waals surface area contributed by atoms with E-state index in [9.17, 15) is 4.79 Å². The summed E-state index contributed by atoms with van der Waals surface area (Å²) in [6.07, 6.45) is 5.95. The molecule has 2 aromatic rings. The zero-order valence-corrected chi connectivity index (χ0v) is 18.0. The fourth-order valence-electron chi connectivity index (χ4n) is 3.36. The van der Waals surface area contributed by atoms with Gasteiger partial charge in [-0.05, 0) is 51.2 Å². The van der Waals surface area contributed by atoms with E-state index in [4.69, 9.17) is 23.2 Å². The Morgan fingerprint density at radius 2 is 1.96 bits per heavy atom. The summed E-state index contributed by atoms with van der Waals surface area (Å²) in [6, 6.07) is 5.64. The Hall–Kier alpha value is -1.44. The SMILES string of the molecule is CC(Sc1nnc(N2CCCCC2)n1C1CC1)C(=O)Nc1cccc(Cl)c1Cl. The summed E-state index contributed by atoms with van der Waals surface area (Å²) < 4.78 is 2.23. The molecule has 1 aliphatic heterocycles. The predicted octanol–water partition coefficient (Wildman–Crippen LogP) is 5.03. The fourth-order valence-corrected chi connectivity index (χ4v) is 4.62. The number of halogens is 2. The van der Waals surface area contributed by atoms with Gasteiger partial charge in [0.15, 0.2) is 5.16 Å². The number of piperidine rings is 1. The summed E-state index contributed by atoms with van der Waals surface area (Å²) in [5.41, 5.74) is 0.518. The zero-order chi connectivity index (χ0) is 19.7. The Morgan fingerprint density at radius 3 is 2.68 bits per heavy atom. The van der Waals surface area contributed by atoms with Gasteiger partial charge in [-0.2, -0.15) is 0 Å². The van der Waals surface area contributed by atoms with Gasteiger partial charge in [-0.3, -0.25) is 9.36 Å². The van der Waals surface area contributed by atoms with Crippen LogP contribution in [-0.4, -0.2) is 39.0 Å². The third-order valence-corrected chi connectivity index (χ3v) is 6.93. The van der Waals surface area contributed by atoms with Crippen LogP contribution in [0.1, 0.15) is 45.1 Å². The van der Waals surface area contributed by atoms with Crippen LogP contribution in [0.3, 0.4) is 0 Å². The number of aromatic nitrogens is 3. The van der Waals surface area contributed by atoms with Crippen molar-refractivity contribution < 1.29 is 4.79 Å². The van der Waals surface area contributed by atoms with Crippen LogP contribution >= 0.6 is 35.0 Å². The van der Waals surface area contributed by atoms with Gasteiger partial charge in [0.1, 0.15) is 0 Å². The second kappa shape index (κ2) is 8.51. The molecule has 1 N–H and O–H groups in total. The molecule has 1 saturated heterocycles. The Kier molecular flexibility index (Phi) is 6.04. The van der Waals surface area contributed by atoms with Crippen molar-refractivity contribution in [3.63, 3.8) is 0 Å². The average molecular weight is 440 g/mol. The minimum atomic E-state index is -0.342. The van der Waals surface area contributed by atoms with Gasteiger partial charge in [-0.1, -0.05) is 41.0 Å². The molecule has 2 aliphatic rings. The second-order valence-electron chi connectivity index (χ2n) is 7.28. The smallest absolute Gasteiger partial charge is 0.237 e. The zero-order valence-electron chi connectivity index (χ0n) is 15.7. The molecule has 4 rings (SSSR count). The lowest BCUT2D eigenvalue weighted by Gasteiger charge is -2.28. The highest BCUT2D eigenvalue weighted by atomic mass is 35.5. The first-order valence-corrected chi connectivity index (χ1v) is 11.3. The predicted molar refractivity (Wildman–Crippen MR) is 115 cm³/mol. The molecule has 2 heterocycles. The topological polar surface area (TPSA) is 63.1 Å². The van der Waals surface area contributed by atoms with Crippen molar-refractivity contribution in [2.75, 3.05) is 23.3 Å². The highest BCUT2D eigenvalue weighted by Crippen LogP contribution is 2.42. The van der Waals surface area contributed by atoms with Crippen molar-refractivity contribution >= 4 is 52.5 Å².